The summed E-state index contributed by atoms with van der Waals surface area (Å²) in [6.45, 7) is 0.896. The third-order valence-electron chi connectivity index (χ3n) is 3.69. The summed E-state index contributed by atoms with van der Waals surface area (Å²) in [5, 5.41) is 10.9. The monoisotopic (exact) mass is 364 g/mol. The van der Waals surface area contributed by atoms with Crippen molar-refractivity contribution in [3.63, 3.8) is 0 Å². The van der Waals surface area contributed by atoms with Gasteiger partial charge in [0.2, 0.25) is 11.2 Å². The number of hydrogen-bond acceptors (Lipinski definition) is 5. The largest absolute Gasteiger partial charge is 0.502 e. The van der Waals surface area contributed by atoms with Gasteiger partial charge < -0.3 is 19.0 Å². The summed E-state index contributed by atoms with van der Waals surface area (Å²) in [6.07, 6.45) is 0. The third kappa shape index (κ3) is 2.37. The first-order chi connectivity index (χ1) is 11.5. The average molecular weight is 365 g/mol. The normalized spacial score (nSPS) is 13.2. The quantitative estimate of drug-likeness (QED) is 0.699. The fourth-order valence-electron chi connectivity index (χ4n) is 2.59. The molecule has 0 fully saturated rings. The van der Waals surface area contributed by atoms with Gasteiger partial charge in [0.05, 0.1) is 10.4 Å². The van der Waals surface area contributed by atoms with Crippen molar-refractivity contribution < 1.29 is 19.0 Å². The van der Waals surface area contributed by atoms with Crippen molar-refractivity contribution in [2.24, 2.45) is 0 Å². The number of fused-ring (bicyclic) bond motifs is 2. The molecule has 5 nitrogen and oxygen atoms in total. The molecule has 0 spiro atoms. The molecular weight excluding hydrogens is 355 g/mol. The van der Waals surface area contributed by atoms with Gasteiger partial charge in [-0.05, 0) is 30.3 Å². The van der Waals surface area contributed by atoms with E-state index in [1.807, 2.05) is 0 Å². The molecule has 0 saturated heterocycles. The van der Waals surface area contributed by atoms with Crippen LogP contribution in [0.2, 0.25) is 10.0 Å². The summed E-state index contributed by atoms with van der Waals surface area (Å²) >= 11 is 12.0. The molecule has 0 atom stereocenters. The molecule has 2 aromatic carbocycles. The van der Waals surface area contributed by atoms with E-state index in [4.69, 9.17) is 37.1 Å². The molecule has 7 heteroatoms. The molecule has 0 radical (unpaired) electrons. The van der Waals surface area contributed by atoms with Crippen molar-refractivity contribution in [3.8, 4) is 28.6 Å². The summed E-state index contributed by atoms with van der Waals surface area (Å²) in [4.78, 5) is 12.4. The van der Waals surface area contributed by atoms with Crippen LogP contribution in [0.4, 0.5) is 0 Å². The van der Waals surface area contributed by atoms with Gasteiger partial charge in [-0.1, -0.05) is 23.2 Å². The molecule has 122 valence electrons. The Morgan fingerprint density at radius 3 is 2.54 bits per heavy atom. The second-order valence-corrected chi connectivity index (χ2v) is 6.08. The Hall–Kier alpha value is -2.37. The zero-order valence-electron chi connectivity index (χ0n) is 12.1. The van der Waals surface area contributed by atoms with Crippen LogP contribution in [0, 0.1) is 0 Å². The Balaban J connectivity index is 1.97. The summed E-state index contributed by atoms with van der Waals surface area (Å²) in [6, 6.07) is 7.88. The van der Waals surface area contributed by atoms with E-state index in [1.165, 1.54) is 12.1 Å². The van der Waals surface area contributed by atoms with Crippen LogP contribution in [-0.2, 0) is 0 Å². The lowest BCUT2D eigenvalue weighted by molar-refractivity contribution is 0.171. The predicted molar refractivity (Wildman–Crippen MR) is 90.6 cm³/mol. The third-order valence-corrected chi connectivity index (χ3v) is 4.19. The van der Waals surface area contributed by atoms with Crippen LogP contribution in [0.5, 0.6) is 17.2 Å². The van der Waals surface area contributed by atoms with E-state index in [9.17, 15) is 9.90 Å². The van der Waals surface area contributed by atoms with Gasteiger partial charge in [0.15, 0.2) is 22.8 Å². The number of halogens is 2. The van der Waals surface area contributed by atoms with E-state index in [-0.39, 0.29) is 26.8 Å². The maximum atomic E-state index is 12.4. The standard InChI is InChI=1S/C17H10Cl2O5/c18-9-6-10-14(20)15(21)16(24-17(10)11(19)7-9)8-1-2-12-13(5-8)23-4-3-22-12/h1-2,5-7,21H,3-4H2. The molecule has 0 bridgehead atoms. The van der Waals surface area contributed by atoms with Crippen molar-refractivity contribution in [2.45, 2.75) is 0 Å². The van der Waals surface area contributed by atoms with Crippen LogP contribution in [0.25, 0.3) is 22.3 Å². The molecule has 0 aliphatic carbocycles. The summed E-state index contributed by atoms with van der Waals surface area (Å²) in [5.74, 6) is 0.603. The average Bonchev–Trinajstić information content (AvgIpc) is 2.58. The molecule has 0 unspecified atom stereocenters. The van der Waals surface area contributed by atoms with Crippen molar-refractivity contribution in [1.29, 1.82) is 0 Å². The summed E-state index contributed by atoms with van der Waals surface area (Å²) in [7, 11) is 0. The topological polar surface area (TPSA) is 68.9 Å². The van der Waals surface area contributed by atoms with Gasteiger partial charge in [-0.2, -0.15) is 0 Å². The van der Waals surface area contributed by atoms with E-state index in [1.54, 1.807) is 18.2 Å². The SMILES string of the molecule is O=c1c(O)c(-c2ccc3c(c2)OCCO3)oc2c(Cl)cc(Cl)cc12. The Kier molecular flexibility index (Phi) is 3.55. The molecule has 0 amide bonds. The lowest BCUT2D eigenvalue weighted by Crippen LogP contribution is -2.15. The molecule has 4 rings (SSSR count). The highest BCUT2D eigenvalue weighted by atomic mass is 35.5. The van der Waals surface area contributed by atoms with Gasteiger partial charge in [-0.25, -0.2) is 0 Å². The van der Waals surface area contributed by atoms with E-state index in [0.717, 1.165) is 0 Å². The zero-order valence-corrected chi connectivity index (χ0v) is 13.6. The molecular formula is C17H10Cl2O5. The first kappa shape index (κ1) is 15.2. The summed E-state index contributed by atoms with van der Waals surface area (Å²) < 4.78 is 16.7. The molecule has 0 saturated carbocycles. The minimum Gasteiger partial charge on any atom is -0.502 e. The van der Waals surface area contributed by atoms with E-state index in [2.05, 4.69) is 0 Å². The predicted octanol–water partition coefficient (Wildman–Crippen LogP) is 4.24. The Labute approximate surface area is 145 Å². The number of aromatic hydroxyl groups is 1. The van der Waals surface area contributed by atoms with Crippen molar-refractivity contribution in [1.82, 2.24) is 0 Å². The van der Waals surface area contributed by atoms with E-state index in [0.29, 0.717) is 30.3 Å². The number of ether oxygens (including phenoxy) is 2. The number of hydrogen-bond donors (Lipinski definition) is 1. The highest BCUT2D eigenvalue weighted by molar-refractivity contribution is 6.38. The highest BCUT2D eigenvalue weighted by Gasteiger charge is 2.20. The van der Waals surface area contributed by atoms with Gasteiger partial charge >= 0.3 is 0 Å². The van der Waals surface area contributed by atoms with Crippen molar-refractivity contribution in [2.75, 3.05) is 13.2 Å². The van der Waals surface area contributed by atoms with Crippen molar-refractivity contribution in [3.05, 3.63) is 50.6 Å². The zero-order chi connectivity index (χ0) is 16.8. The van der Waals surface area contributed by atoms with Crippen LogP contribution >= 0.6 is 23.2 Å². The van der Waals surface area contributed by atoms with Gasteiger partial charge in [0.25, 0.3) is 0 Å². The number of rotatable bonds is 1. The molecule has 1 N–H and O–H groups in total. The minimum absolute atomic E-state index is 0.00805. The first-order valence-corrected chi connectivity index (χ1v) is 7.85. The fraction of sp³-hybridized carbons (Fsp3) is 0.118. The maximum Gasteiger partial charge on any atom is 0.235 e. The Morgan fingerprint density at radius 2 is 1.75 bits per heavy atom. The van der Waals surface area contributed by atoms with Gasteiger partial charge in [0, 0.05) is 10.6 Å². The summed E-state index contributed by atoms with van der Waals surface area (Å²) in [5.41, 5.74) is 0.0288. The van der Waals surface area contributed by atoms with Crippen LogP contribution < -0.4 is 14.9 Å². The van der Waals surface area contributed by atoms with E-state index >= 15 is 0 Å². The van der Waals surface area contributed by atoms with Gasteiger partial charge in [0.1, 0.15) is 13.2 Å². The lowest BCUT2D eigenvalue weighted by atomic mass is 10.1. The molecule has 1 aromatic heterocycles. The second kappa shape index (κ2) is 5.61. The molecule has 1 aliphatic heterocycles. The Morgan fingerprint density at radius 1 is 1.00 bits per heavy atom. The number of benzene rings is 2. The second-order valence-electron chi connectivity index (χ2n) is 5.23. The first-order valence-electron chi connectivity index (χ1n) is 7.09. The highest BCUT2D eigenvalue weighted by Crippen LogP contribution is 2.38. The Bertz CT molecular complexity index is 1030. The maximum absolute atomic E-state index is 12.4. The van der Waals surface area contributed by atoms with Crippen LogP contribution in [0.15, 0.2) is 39.5 Å². The molecule has 1 aliphatic rings. The van der Waals surface area contributed by atoms with Gasteiger partial charge in [-0.15, -0.1) is 0 Å². The van der Waals surface area contributed by atoms with E-state index < -0.39 is 11.2 Å². The van der Waals surface area contributed by atoms with Gasteiger partial charge in [-0.3, -0.25) is 4.79 Å². The van der Waals surface area contributed by atoms with Crippen LogP contribution in [0.3, 0.4) is 0 Å². The fourth-order valence-corrected chi connectivity index (χ4v) is 3.13. The minimum atomic E-state index is -0.606. The molecule has 24 heavy (non-hydrogen) atoms. The van der Waals surface area contributed by atoms with Crippen molar-refractivity contribution >= 4 is 34.2 Å². The van der Waals surface area contributed by atoms with Crippen LogP contribution in [-0.4, -0.2) is 18.3 Å². The molecule has 2 heterocycles. The smallest absolute Gasteiger partial charge is 0.235 e. The lowest BCUT2D eigenvalue weighted by Gasteiger charge is -2.18. The molecule has 3 aromatic rings. The van der Waals surface area contributed by atoms with Crippen LogP contribution in [0.1, 0.15) is 0 Å².